The van der Waals surface area contributed by atoms with Crippen LogP contribution in [0.5, 0.6) is 0 Å². The average molecular weight is 647 g/mol. The Hall–Kier alpha value is -6.64. The molecule has 2 aliphatic rings. The molecule has 11 rings (SSSR count). The molecular formula is C49H30N2. The molecular weight excluding hydrogens is 617 g/mol. The number of fused-ring (bicyclic) bond motifs is 12. The van der Waals surface area contributed by atoms with Crippen molar-refractivity contribution < 1.29 is 0 Å². The molecule has 0 radical (unpaired) electrons. The van der Waals surface area contributed by atoms with E-state index in [1.807, 2.05) is 6.07 Å². The van der Waals surface area contributed by atoms with Crippen LogP contribution < -0.4 is 0 Å². The first-order chi connectivity index (χ1) is 25.3. The molecule has 0 saturated carbocycles. The van der Waals surface area contributed by atoms with Crippen LogP contribution >= 0.6 is 0 Å². The number of nitrogens with zero attached hydrogens (tertiary/aromatic N) is 2. The summed E-state index contributed by atoms with van der Waals surface area (Å²) in [5.41, 5.74) is 16.7. The molecule has 0 saturated heterocycles. The van der Waals surface area contributed by atoms with E-state index >= 15 is 0 Å². The molecule has 51 heavy (non-hydrogen) atoms. The summed E-state index contributed by atoms with van der Waals surface area (Å²) >= 11 is 0. The molecule has 8 aromatic carbocycles. The first-order valence-electron chi connectivity index (χ1n) is 17.6. The maximum atomic E-state index is 5.26. The number of benzene rings is 8. The van der Waals surface area contributed by atoms with E-state index in [0.717, 1.165) is 38.9 Å². The second-order valence-corrected chi connectivity index (χ2v) is 13.6. The maximum absolute atomic E-state index is 5.26. The Bertz CT molecular complexity index is 2820. The van der Waals surface area contributed by atoms with Gasteiger partial charge in [0.05, 0.1) is 16.6 Å². The molecule has 2 aliphatic carbocycles. The van der Waals surface area contributed by atoms with Crippen molar-refractivity contribution in [2.45, 2.75) is 5.41 Å². The number of hydrogen-bond acceptors (Lipinski definition) is 2. The van der Waals surface area contributed by atoms with Gasteiger partial charge < -0.3 is 0 Å². The third kappa shape index (κ3) is 3.82. The topological polar surface area (TPSA) is 25.8 Å². The summed E-state index contributed by atoms with van der Waals surface area (Å²) in [6.45, 7) is 0. The zero-order valence-corrected chi connectivity index (χ0v) is 27.7. The lowest BCUT2D eigenvalue weighted by atomic mass is 9.70. The third-order valence-electron chi connectivity index (χ3n) is 11.1. The molecule has 9 aromatic rings. The van der Waals surface area contributed by atoms with Gasteiger partial charge in [-0.2, -0.15) is 0 Å². The van der Waals surface area contributed by atoms with Gasteiger partial charge in [-0.25, -0.2) is 9.97 Å². The lowest BCUT2D eigenvalue weighted by molar-refractivity contribution is 0.794. The predicted molar refractivity (Wildman–Crippen MR) is 210 cm³/mol. The molecule has 2 nitrogen and oxygen atoms in total. The Morgan fingerprint density at radius 2 is 0.824 bits per heavy atom. The van der Waals surface area contributed by atoms with Gasteiger partial charge in [-0.15, -0.1) is 0 Å². The van der Waals surface area contributed by atoms with Gasteiger partial charge in [0.2, 0.25) is 0 Å². The average Bonchev–Trinajstić information content (AvgIpc) is 3.68. The van der Waals surface area contributed by atoms with Crippen LogP contribution in [0.15, 0.2) is 182 Å². The third-order valence-corrected chi connectivity index (χ3v) is 11.1. The minimum atomic E-state index is -0.377. The van der Waals surface area contributed by atoms with Crippen molar-refractivity contribution in [1.82, 2.24) is 9.97 Å². The predicted octanol–water partition coefficient (Wildman–Crippen LogP) is 12.1. The Kier molecular flexibility index (Phi) is 5.91. The van der Waals surface area contributed by atoms with Gasteiger partial charge in [0, 0.05) is 16.5 Å². The van der Waals surface area contributed by atoms with E-state index in [-0.39, 0.29) is 5.41 Å². The summed E-state index contributed by atoms with van der Waals surface area (Å²) in [5.74, 6) is 0.733. The van der Waals surface area contributed by atoms with Crippen LogP contribution in [0.3, 0.4) is 0 Å². The Balaban J connectivity index is 1.17. The Morgan fingerprint density at radius 1 is 0.314 bits per heavy atom. The second-order valence-electron chi connectivity index (χ2n) is 13.6. The Morgan fingerprint density at radius 3 is 1.55 bits per heavy atom. The molecule has 0 aliphatic heterocycles. The lowest BCUT2D eigenvalue weighted by Crippen LogP contribution is -2.25. The molecule has 0 fully saturated rings. The van der Waals surface area contributed by atoms with E-state index < -0.39 is 0 Å². The van der Waals surface area contributed by atoms with E-state index in [9.17, 15) is 0 Å². The summed E-state index contributed by atoms with van der Waals surface area (Å²) in [6, 6.07) is 66.0. The molecule has 0 bridgehead atoms. The van der Waals surface area contributed by atoms with E-state index in [1.54, 1.807) is 0 Å². The molecule has 0 amide bonds. The fourth-order valence-electron chi connectivity index (χ4n) is 9.11. The Labute approximate surface area is 296 Å². The van der Waals surface area contributed by atoms with Crippen molar-refractivity contribution >= 4 is 21.7 Å². The summed E-state index contributed by atoms with van der Waals surface area (Å²) < 4.78 is 0. The van der Waals surface area contributed by atoms with Crippen molar-refractivity contribution in [3.8, 4) is 56.0 Å². The SMILES string of the molecule is c1ccc(-c2nc(-c3ccc(-c4cccc5c4-c4ccccc4C54c5ccccc5-c5ccccc54)c4ccccc34)nc3ccccc23)cc1. The molecule has 1 heterocycles. The van der Waals surface area contributed by atoms with Crippen LogP contribution in [-0.2, 0) is 5.41 Å². The van der Waals surface area contributed by atoms with Gasteiger partial charge in [-0.05, 0) is 78.5 Å². The van der Waals surface area contributed by atoms with E-state index in [4.69, 9.17) is 9.97 Å². The highest BCUT2D eigenvalue weighted by molar-refractivity contribution is 6.09. The molecule has 2 heteroatoms. The van der Waals surface area contributed by atoms with Crippen LogP contribution in [0.25, 0.3) is 77.7 Å². The van der Waals surface area contributed by atoms with Gasteiger partial charge in [-0.3, -0.25) is 0 Å². The molecule has 236 valence electrons. The minimum Gasteiger partial charge on any atom is -0.228 e. The van der Waals surface area contributed by atoms with Crippen LogP contribution in [0, 0.1) is 0 Å². The molecule has 1 aromatic heterocycles. The highest BCUT2D eigenvalue weighted by Gasteiger charge is 2.51. The normalized spacial score (nSPS) is 13.3. The lowest BCUT2D eigenvalue weighted by Gasteiger charge is -2.30. The van der Waals surface area contributed by atoms with Crippen molar-refractivity contribution in [3.05, 3.63) is 204 Å². The first kappa shape index (κ1) is 28.2. The summed E-state index contributed by atoms with van der Waals surface area (Å²) in [4.78, 5) is 10.4. The highest BCUT2D eigenvalue weighted by Crippen LogP contribution is 2.64. The number of para-hydroxylation sites is 1. The van der Waals surface area contributed by atoms with E-state index in [2.05, 4.69) is 176 Å². The molecule has 0 atom stereocenters. The van der Waals surface area contributed by atoms with Crippen molar-refractivity contribution in [1.29, 1.82) is 0 Å². The largest absolute Gasteiger partial charge is 0.228 e. The smallest absolute Gasteiger partial charge is 0.161 e. The summed E-state index contributed by atoms with van der Waals surface area (Å²) in [6.07, 6.45) is 0. The number of rotatable bonds is 3. The summed E-state index contributed by atoms with van der Waals surface area (Å²) in [5, 5.41) is 3.38. The second kappa shape index (κ2) is 10.7. The van der Waals surface area contributed by atoms with E-state index in [0.29, 0.717) is 0 Å². The number of aromatic nitrogens is 2. The minimum absolute atomic E-state index is 0.377. The monoisotopic (exact) mass is 646 g/mol. The molecule has 1 spiro atoms. The van der Waals surface area contributed by atoms with Crippen molar-refractivity contribution in [3.63, 3.8) is 0 Å². The molecule has 0 N–H and O–H groups in total. The van der Waals surface area contributed by atoms with Gasteiger partial charge in [-0.1, -0.05) is 170 Å². The molecule has 0 unspecified atom stereocenters. The van der Waals surface area contributed by atoms with Crippen LogP contribution in [0.2, 0.25) is 0 Å². The van der Waals surface area contributed by atoms with Crippen molar-refractivity contribution in [2.24, 2.45) is 0 Å². The quantitative estimate of drug-likeness (QED) is 0.191. The maximum Gasteiger partial charge on any atom is 0.161 e. The van der Waals surface area contributed by atoms with Crippen molar-refractivity contribution in [2.75, 3.05) is 0 Å². The van der Waals surface area contributed by atoms with Gasteiger partial charge in [0.15, 0.2) is 5.82 Å². The summed E-state index contributed by atoms with van der Waals surface area (Å²) in [7, 11) is 0. The number of hydrogen-bond donors (Lipinski definition) is 0. The zero-order chi connectivity index (χ0) is 33.5. The van der Waals surface area contributed by atoms with E-state index in [1.165, 1.54) is 61.0 Å². The fraction of sp³-hybridized carbons (Fsp3) is 0.0204. The zero-order valence-electron chi connectivity index (χ0n) is 27.7. The highest BCUT2D eigenvalue weighted by atomic mass is 14.9. The van der Waals surface area contributed by atoms with Crippen LogP contribution in [0.4, 0.5) is 0 Å². The van der Waals surface area contributed by atoms with Gasteiger partial charge >= 0.3 is 0 Å². The van der Waals surface area contributed by atoms with Gasteiger partial charge in [0.1, 0.15) is 0 Å². The van der Waals surface area contributed by atoms with Gasteiger partial charge in [0.25, 0.3) is 0 Å². The first-order valence-corrected chi connectivity index (χ1v) is 17.6. The van der Waals surface area contributed by atoms with Crippen LogP contribution in [-0.4, -0.2) is 9.97 Å². The fourth-order valence-corrected chi connectivity index (χ4v) is 9.11. The standard InChI is InChI=1S/C49H30N2/c1-2-15-31(16-3-1)47-40-22-9-13-28-45(40)50-48(51-47)38-30-29-34(32-17-4-5-18-33(32)38)37-23-14-27-44-46(37)39-21-8-12-26-43(39)49(44)41-24-10-6-19-35(41)36-20-7-11-25-42(36)49/h1-30H. The van der Waals surface area contributed by atoms with Crippen LogP contribution in [0.1, 0.15) is 22.3 Å².